The second kappa shape index (κ2) is 5.65. The summed E-state index contributed by atoms with van der Waals surface area (Å²) in [5.41, 5.74) is 0. The number of hydrogen-bond acceptors (Lipinski definition) is 6. The van der Waals surface area contributed by atoms with Gasteiger partial charge in [0.25, 0.3) is 0 Å². The van der Waals surface area contributed by atoms with Gasteiger partial charge in [0.05, 0.1) is 6.61 Å². The molecule has 0 saturated carbocycles. The fourth-order valence-corrected chi connectivity index (χ4v) is 1.83. The lowest BCUT2D eigenvalue weighted by Gasteiger charge is -2.17. The van der Waals surface area contributed by atoms with E-state index in [2.05, 4.69) is 9.36 Å². The van der Waals surface area contributed by atoms with Gasteiger partial charge in [0.15, 0.2) is 0 Å². The van der Waals surface area contributed by atoms with Crippen molar-refractivity contribution in [3.63, 3.8) is 0 Å². The summed E-state index contributed by atoms with van der Waals surface area (Å²) >= 11 is 1.30. The highest BCUT2D eigenvalue weighted by Crippen LogP contribution is 2.16. The van der Waals surface area contributed by atoms with Gasteiger partial charge in [0.2, 0.25) is 5.13 Å². The summed E-state index contributed by atoms with van der Waals surface area (Å²) in [5.74, 6) is 0.504. The highest BCUT2D eigenvalue weighted by Gasteiger charge is 2.13. The molecule has 0 saturated heterocycles. The quantitative estimate of drug-likeness (QED) is 0.711. The third-order valence-corrected chi connectivity index (χ3v) is 2.66. The molecule has 0 amide bonds. The average molecular weight is 229 g/mol. The zero-order chi connectivity index (χ0) is 11.3. The topological polar surface area (TPSA) is 55.3 Å². The van der Waals surface area contributed by atoms with Gasteiger partial charge in [-0.25, -0.2) is 4.98 Å². The molecule has 1 aromatic rings. The Balaban J connectivity index is 2.60. The van der Waals surface area contributed by atoms with E-state index in [0.717, 1.165) is 11.0 Å². The second-order valence-corrected chi connectivity index (χ2v) is 3.67. The van der Waals surface area contributed by atoms with Crippen molar-refractivity contribution in [1.82, 2.24) is 9.36 Å². The van der Waals surface area contributed by atoms with Crippen molar-refractivity contribution in [3.05, 3.63) is 5.82 Å². The lowest BCUT2D eigenvalue weighted by atomic mass is 10.5. The average Bonchev–Trinajstić information content (AvgIpc) is 2.61. The van der Waals surface area contributed by atoms with E-state index in [0.29, 0.717) is 13.2 Å². The maximum absolute atomic E-state index is 11.3. The SMILES string of the molecule is CCOC(=O)CN(CC)c1nc(C)ns1. The number of aryl methyl sites for hydroxylation is 1. The van der Waals surface area contributed by atoms with Gasteiger partial charge in [-0.3, -0.25) is 4.79 Å². The fraction of sp³-hybridized carbons (Fsp3) is 0.667. The van der Waals surface area contributed by atoms with Crippen LogP contribution < -0.4 is 4.90 Å². The third kappa shape index (κ3) is 3.47. The van der Waals surface area contributed by atoms with Crippen LogP contribution in [0.2, 0.25) is 0 Å². The molecule has 0 spiro atoms. The van der Waals surface area contributed by atoms with Crippen LogP contribution >= 0.6 is 11.5 Å². The first-order valence-electron chi connectivity index (χ1n) is 4.88. The van der Waals surface area contributed by atoms with Crippen LogP contribution in [0.1, 0.15) is 19.7 Å². The second-order valence-electron chi connectivity index (χ2n) is 2.94. The third-order valence-electron chi connectivity index (χ3n) is 1.79. The summed E-state index contributed by atoms with van der Waals surface area (Å²) in [6.45, 7) is 6.95. The molecular weight excluding hydrogens is 214 g/mol. The molecule has 0 N–H and O–H groups in total. The first kappa shape index (κ1) is 11.9. The Morgan fingerprint density at radius 3 is 2.73 bits per heavy atom. The number of hydrogen-bond donors (Lipinski definition) is 0. The van der Waals surface area contributed by atoms with Crippen LogP contribution in [0.5, 0.6) is 0 Å². The van der Waals surface area contributed by atoms with Crippen molar-refractivity contribution in [2.24, 2.45) is 0 Å². The Morgan fingerprint density at radius 1 is 1.53 bits per heavy atom. The predicted octanol–water partition coefficient (Wildman–Crippen LogP) is 1.24. The minimum atomic E-state index is -0.229. The lowest BCUT2D eigenvalue weighted by molar-refractivity contribution is -0.141. The lowest BCUT2D eigenvalue weighted by Crippen LogP contribution is -2.30. The van der Waals surface area contributed by atoms with Gasteiger partial charge in [0.1, 0.15) is 12.4 Å². The number of nitrogens with zero attached hydrogens (tertiary/aromatic N) is 3. The van der Waals surface area contributed by atoms with Crippen LogP contribution in [0.3, 0.4) is 0 Å². The van der Waals surface area contributed by atoms with Crippen molar-refractivity contribution in [2.75, 3.05) is 24.6 Å². The maximum Gasteiger partial charge on any atom is 0.325 e. The molecule has 0 unspecified atom stereocenters. The number of esters is 1. The van der Waals surface area contributed by atoms with E-state index in [1.54, 1.807) is 6.92 Å². The van der Waals surface area contributed by atoms with Crippen LogP contribution in [-0.2, 0) is 9.53 Å². The first-order chi connectivity index (χ1) is 7.17. The van der Waals surface area contributed by atoms with Crippen LogP contribution in [0.15, 0.2) is 0 Å². The number of anilines is 1. The number of rotatable bonds is 5. The molecule has 0 aliphatic rings. The molecule has 0 aliphatic heterocycles. The van der Waals surface area contributed by atoms with Crippen molar-refractivity contribution in [1.29, 1.82) is 0 Å². The molecule has 6 heteroatoms. The Kier molecular flexibility index (Phi) is 4.48. The number of ether oxygens (including phenoxy) is 1. The van der Waals surface area contributed by atoms with Crippen molar-refractivity contribution >= 4 is 22.6 Å². The van der Waals surface area contributed by atoms with E-state index < -0.39 is 0 Å². The van der Waals surface area contributed by atoms with E-state index in [1.165, 1.54) is 11.5 Å². The molecule has 5 nitrogen and oxygen atoms in total. The summed E-state index contributed by atoms with van der Waals surface area (Å²) in [7, 11) is 0. The van der Waals surface area contributed by atoms with E-state index >= 15 is 0 Å². The molecule has 0 aliphatic carbocycles. The normalized spacial score (nSPS) is 10.1. The first-order valence-corrected chi connectivity index (χ1v) is 5.65. The molecular formula is C9H15N3O2S. The Morgan fingerprint density at radius 2 is 2.27 bits per heavy atom. The zero-order valence-corrected chi connectivity index (χ0v) is 10.0. The van der Waals surface area contributed by atoms with Crippen molar-refractivity contribution < 1.29 is 9.53 Å². The summed E-state index contributed by atoms with van der Waals surface area (Å²) in [6.07, 6.45) is 0. The largest absolute Gasteiger partial charge is 0.465 e. The minimum Gasteiger partial charge on any atom is -0.465 e. The Hall–Kier alpha value is -1.17. The van der Waals surface area contributed by atoms with Crippen LogP contribution in [-0.4, -0.2) is 35.0 Å². The van der Waals surface area contributed by atoms with Crippen LogP contribution in [0.4, 0.5) is 5.13 Å². The standard InChI is InChI=1S/C9H15N3O2S/c1-4-12(6-8(13)14-5-2)9-10-7(3)11-15-9/h4-6H2,1-3H3. The summed E-state index contributed by atoms with van der Waals surface area (Å²) in [5, 5.41) is 0.767. The molecule has 1 heterocycles. The monoisotopic (exact) mass is 229 g/mol. The Bertz CT molecular complexity index is 327. The predicted molar refractivity (Wildman–Crippen MR) is 59.2 cm³/mol. The van der Waals surface area contributed by atoms with E-state index in [-0.39, 0.29) is 12.5 Å². The summed E-state index contributed by atoms with van der Waals surface area (Å²) in [4.78, 5) is 17.4. The number of likely N-dealkylation sites (N-methyl/N-ethyl adjacent to an activating group) is 1. The highest BCUT2D eigenvalue weighted by atomic mass is 32.1. The molecule has 0 bridgehead atoms. The van der Waals surface area contributed by atoms with Gasteiger partial charge in [-0.05, 0) is 20.8 Å². The Labute approximate surface area is 93.2 Å². The smallest absolute Gasteiger partial charge is 0.325 e. The van der Waals surface area contributed by atoms with Gasteiger partial charge < -0.3 is 9.64 Å². The molecule has 0 aromatic carbocycles. The summed E-state index contributed by atoms with van der Waals surface area (Å²) < 4.78 is 8.95. The molecule has 84 valence electrons. The van der Waals surface area contributed by atoms with Crippen molar-refractivity contribution in [2.45, 2.75) is 20.8 Å². The van der Waals surface area contributed by atoms with E-state index in [1.807, 2.05) is 18.7 Å². The van der Waals surface area contributed by atoms with Gasteiger partial charge >= 0.3 is 5.97 Å². The van der Waals surface area contributed by atoms with Crippen LogP contribution in [0.25, 0.3) is 0 Å². The van der Waals surface area contributed by atoms with Gasteiger partial charge in [-0.2, -0.15) is 4.37 Å². The van der Waals surface area contributed by atoms with E-state index in [4.69, 9.17) is 4.74 Å². The molecule has 0 radical (unpaired) electrons. The molecule has 0 fully saturated rings. The van der Waals surface area contributed by atoms with E-state index in [9.17, 15) is 4.79 Å². The number of aromatic nitrogens is 2. The number of carbonyl (C=O) groups excluding carboxylic acids is 1. The fourth-order valence-electron chi connectivity index (χ4n) is 1.09. The van der Waals surface area contributed by atoms with Crippen LogP contribution in [0, 0.1) is 6.92 Å². The minimum absolute atomic E-state index is 0.229. The van der Waals surface area contributed by atoms with Gasteiger partial charge in [-0.1, -0.05) is 0 Å². The maximum atomic E-state index is 11.3. The highest BCUT2D eigenvalue weighted by molar-refractivity contribution is 7.09. The molecule has 15 heavy (non-hydrogen) atoms. The molecule has 1 rings (SSSR count). The van der Waals surface area contributed by atoms with Gasteiger partial charge in [-0.15, -0.1) is 0 Å². The van der Waals surface area contributed by atoms with Gasteiger partial charge in [0, 0.05) is 18.1 Å². The molecule has 1 aromatic heterocycles. The summed E-state index contributed by atoms with van der Waals surface area (Å²) in [6, 6.07) is 0. The molecule has 0 atom stereocenters. The van der Waals surface area contributed by atoms with Crippen molar-refractivity contribution in [3.8, 4) is 0 Å². The number of carbonyl (C=O) groups is 1. The zero-order valence-electron chi connectivity index (χ0n) is 9.19.